The fourth-order valence-corrected chi connectivity index (χ4v) is 1.90. The Bertz CT molecular complexity index is 398. The molecule has 0 radical (unpaired) electrons. The van der Waals surface area contributed by atoms with Crippen LogP contribution in [0.5, 0.6) is 11.5 Å². The van der Waals surface area contributed by atoms with Crippen LogP contribution in [-0.2, 0) is 11.2 Å². The maximum absolute atomic E-state index is 11.1. The van der Waals surface area contributed by atoms with Gasteiger partial charge in [-0.2, -0.15) is 0 Å². The van der Waals surface area contributed by atoms with Crippen molar-refractivity contribution in [3.05, 3.63) is 23.8 Å². The van der Waals surface area contributed by atoms with E-state index in [2.05, 4.69) is 6.92 Å². The van der Waals surface area contributed by atoms with E-state index in [1.54, 1.807) is 6.07 Å². The topological polar surface area (TPSA) is 35.5 Å². The smallest absolute Gasteiger partial charge is 0.315 e. The van der Waals surface area contributed by atoms with E-state index in [0.29, 0.717) is 12.2 Å². The zero-order valence-electron chi connectivity index (χ0n) is 10.2. The van der Waals surface area contributed by atoms with Gasteiger partial charge in [0.2, 0.25) is 0 Å². The van der Waals surface area contributed by atoms with Crippen LogP contribution in [0.25, 0.3) is 0 Å². The summed E-state index contributed by atoms with van der Waals surface area (Å²) in [5, 5.41) is 0. The molecule has 0 atom stereocenters. The number of carbonyl (C=O) groups excluding carboxylic acids is 1. The van der Waals surface area contributed by atoms with E-state index in [9.17, 15) is 4.79 Å². The van der Waals surface area contributed by atoms with Gasteiger partial charge in [-0.3, -0.25) is 4.79 Å². The number of benzene rings is 1. The zero-order chi connectivity index (χ0) is 12.1. The third-order valence-corrected chi connectivity index (χ3v) is 2.86. The molecule has 1 heterocycles. The van der Waals surface area contributed by atoms with Crippen molar-refractivity contribution in [3.8, 4) is 11.5 Å². The molecule has 3 nitrogen and oxygen atoms in total. The highest BCUT2D eigenvalue weighted by Crippen LogP contribution is 2.30. The van der Waals surface area contributed by atoms with Gasteiger partial charge >= 0.3 is 5.97 Å². The van der Waals surface area contributed by atoms with E-state index in [1.165, 1.54) is 19.3 Å². The molecule has 0 unspecified atom stereocenters. The van der Waals surface area contributed by atoms with Gasteiger partial charge in [0.05, 0.1) is 13.0 Å². The van der Waals surface area contributed by atoms with Crippen LogP contribution in [0.4, 0.5) is 0 Å². The third kappa shape index (κ3) is 3.22. The van der Waals surface area contributed by atoms with Gasteiger partial charge in [0.15, 0.2) is 0 Å². The number of hydrogen-bond acceptors (Lipinski definition) is 3. The molecular weight excluding hydrogens is 216 g/mol. The summed E-state index contributed by atoms with van der Waals surface area (Å²) in [7, 11) is 0. The van der Waals surface area contributed by atoms with Crippen molar-refractivity contribution in [1.82, 2.24) is 0 Å². The molecule has 0 saturated carbocycles. The first-order valence-electron chi connectivity index (χ1n) is 6.26. The van der Waals surface area contributed by atoms with Crippen molar-refractivity contribution < 1.29 is 14.3 Å². The number of esters is 1. The Labute approximate surface area is 102 Å². The third-order valence-electron chi connectivity index (χ3n) is 2.86. The molecule has 0 fully saturated rings. The summed E-state index contributed by atoms with van der Waals surface area (Å²) >= 11 is 0. The predicted octanol–water partition coefficient (Wildman–Crippen LogP) is 3.11. The van der Waals surface area contributed by atoms with Gasteiger partial charge in [-0.1, -0.05) is 32.3 Å². The number of rotatable bonds is 6. The molecule has 0 aromatic heterocycles. The SMILES string of the molecule is CCCCCCOc1ccc2c(c1)OC(=O)C2. The Kier molecular flexibility index (Phi) is 4.02. The van der Waals surface area contributed by atoms with Crippen LogP contribution < -0.4 is 9.47 Å². The zero-order valence-corrected chi connectivity index (χ0v) is 10.2. The molecule has 1 aromatic carbocycles. The molecule has 0 bridgehead atoms. The maximum Gasteiger partial charge on any atom is 0.315 e. The molecule has 92 valence electrons. The minimum absolute atomic E-state index is 0.180. The highest BCUT2D eigenvalue weighted by Gasteiger charge is 2.20. The van der Waals surface area contributed by atoms with E-state index in [-0.39, 0.29) is 5.97 Å². The van der Waals surface area contributed by atoms with Crippen molar-refractivity contribution >= 4 is 5.97 Å². The number of ether oxygens (including phenoxy) is 2. The van der Waals surface area contributed by atoms with Crippen molar-refractivity contribution in [2.24, 2.45) is 0 Å². The first kappa shape index (κ1) is 12.0. The van der Waals surface area contributed by atoms with Crippen LogP contribution in [-0.4, -0.2) is 12.6 Å². The van der Waals surface area contributed by atoms with E-state index >= 15 is 0 Å². The molecule has 0 amide bonds. The molecule has 0 spiro atoms. The van der Waals surface area contributed by atoms with E-state index < -0.39 is 0 Å². The summed E-state index contributed by atoms with van der Waals surface area (Å²) in [6.07, 6.45) is 5.15. The molecule has 1 aliphatic rings. The number of carbonyl (C=O) groups is 1. The quantitative estimate of drug-likeness (QED) is 0.431. The van der Waals surface area contributed by atoms with Gasteiger partial charge in [-0.25, -0.2) is 0 Å². The molecule has 1 aliphatic heterocycles. The summed E-state index contributed by atoms with van der Waals surface area (Å²) in [6.45, 7) is 2.92. The number of hydrogen-bond donors (Lipinski definition) is 0. The normalized spacial score (nSPS) is 13.4. The van der Waals surface area contributed by atoms with Gasteiger partial charge < -0.3 is 9.47 Å². The molecule has 0 saturated heterocycles. The van der Waals surface area contributed by atoms with Crippen LogP contribution in [0.15, 0.2) is 18.2 Å². The number of fused-ring (bicyclic) bond motifs is 1. The van der Waals surface area contributed by atoms with Crippen molar-refractivity contribution in [2.75, 3.05) is 6.61 Å². The monoisotopic (exact) mass is 234 g/mol. The van der Waals surface area contributed by atoms with Gasteiger partial charge in [-0.15, -0.1) is 0 Å². The maximum atomic E-state index is 11.1. The lowest BCUT2D eigenvalue weighted by molar-refractivity contribution is -0.131. The molecule has 17 heavy (non-hydrogen) atoms. The van der Waals surface area contributed by atoms with Gasteiger partial charge in [0, 0.05) is 11.6 Å². The Hall–Kier alpha value is -1.51. The fourth-order valence-electron chi connectivity index (χ4n) is 1.90. The molecule has 1 aromatic rings. The lowest BCUT2D eigenvalue weighted by Gasteiger charge is -2.06. The van der Waals surface area contributed by atoms with E-state index in [0.717, 1.165) is 24.3 Å². The van der Waals surface area contributed by atoms with E-state index in [4.69, 9.17) is 9.47 Å². The Morgan fingerprint density at radius 2 is 2.18 bits per heavy atom. The average Bonchev–Trinajstić information content (AvgIpc) is 2.68. The molecule has 2 rings (SSSR count). The highest BCUT2D eigenvalue weighted by molar-refractivity contribution is 5.81. The standard InChI is InChI=1S/C14H18O3/c1-2-3-4-5-8-16-12-7-6-11-9-14(15)17-13(11)10-12/h6-7,10H,2-5,8-9H2,1H3. The second-order valence-corrected chi connectivity index (χ2v) is 4.33. The summed E-state index contributed by atoms with van der Waals surface area (Å²) in [4.78, 5) is 11.1. The average molecular weight is 234 g/mol. The summed E-state index contributed by atoms with van der Waals surface area (Å²) in [5.74, 6) is 1.26. The largest absolute Gasteiger partial charge is 0.493 e. The predicted molar refractivity (Wildman–Crippen MR) is 65.4 cm³/mol. The van der Waals surface area contributed by atoms with Crippen molar-refractivity contribution in [3.63, 3.8) is 0 Å². The van der Waals surface area contributed by atoms with Gasteiger partial charge in [0.1, 0.15) is 11.5 Å². The highest BCUT2D eigenvalue weighted by atomic mass is 16.5. The lowest BCUT2D eigenvalue weighted by atomic mass is 10.1. The van der Waals surface area contributed by atoms with Crippen molar-refractivity contribution in [2.45, 2.75) is 39.0 Å². The van der Waals surface area contributed by atoms with Gasteiger partial charge in [-0.05, 0) is 12.5 Å². The minimum atomic E-state index is -0.180. The van der Waals surface area contributed by atoms with Crippen LogP contribution in [0.1, 0.15) is 38.2 Å². The first-order valence-corrected chi connectivity index (χ1v) is 6.26. The first-order chi connectivity index (χ1) is 8.29. The Morgan fingerprint density at radius 3 is 3.00 bits per heavy atom. The van der Waals surface area contributed by atoms with Crippen LogP contribution in [0.3, 0.4) is 0 Å². The number of unbranched alkanes of at least 4 members (excludes halogenated alkanes) is 3. The second kappa shape index (κ2) is 5.71. The minimum Gasteiger partial charge on any atom is -0.493 e. The second-order valence-electron chi connectivity index (χ2n) is 4.33. The lowest BCUT2D eigenvalue weighted by Crippen LogP contribution is -2.00. The Morgan fingerprint density at radius 1 is 1.29 bits per heavy atom. The van der Waals surface area contributed by atoms with Crippen LogP contribution >= 0.6 is 0 Å². The van der Waals surface area contributed by atoms with E-state index in [1.807, 2.05) is 12.1 Å². The Balaban J connectivity index is 1.82. The van der Waals surface area contributed by atoms with Crippen molar-refractivity contribution in [1.29, 1.82) is 0 Å². The fraction of sp³-hybridized carbons (Fsp3) is 0.500. The van der Waals surface area contributed by atoms with Crippen LogP contribution in [0, 0.1) is 0 Å². The van der Waals surface area contributed by atoms with Gasteiger partial charge in [0.25, 0.3) is 0 Å². The molecule has 0 aliphatic carbocycles. The molecule has 0 N–H and O–H groups in total. The summed E-state index contributed by atoms with van der Waals surface area (Å²) in [6, 6.07) is 5.61. The molecular formula is C14H18O3. The molecule has 3 heteroatoms. The summed E-state index contributed by atoms with van der Waals surface area (Å²) in [5.41, 5.74) is 0.952. The van der Waals surface area contributed by atoms with Crippen LogP contribution in [0.2, 0.25) is 0 Å². The summed E-state index contributed by atoms with van der Waals surface area (Å²) < 4.78 is 10.7.